The number of carboxylic acids is 1. The number of carboxylic acid groups (broad SMARTS) is 1. The molecule has 0 bridgehead atoms. The fraction of sp³-hybridized carbons (Fsp3) is 0.500. The first-order chi connectivity index (χ1) is 9.95. The van der Waals surface area contributed by atoms with Crippen LogP contribution in [0, 0.1) is 5.92 Å². The van der Waals surface area contributed by atoms with Crippen LogP contribution in [0.15, 0.2) is 24.3 Å². The highest BCUT2D eigenvalue weighted by atomic mass is 16.5. The van der Waals surface area contributed by atoms with Crippen LogP contribution in [-0.2, 0) is 4.79 Å². The molecule has 1 atom stereocenters. The number of ether oxygens (including phenoxy) is 1. The lowest BCUT2D eigenvalue weighted by Crippen LogP contribution is -2.38. The van der Waals surface area contributed by atoms with Gasteiger partial charge in [0.15, 0.2) is 0 Å². The minimum Gasteiger partial charge on any atom is -0.491 e. The van der Waals surface area contributed by atoms with Crippen LogP contribution in [0.3, 0.4) is 0 Å². The van der Waals surface area contributed by atoms with Gasteiger partial charge in [0.1, 0.15) is 5.75 Å². The highest BCUT2D eigenvalue weighted by Crippen LogP contribution is 2.34. The Hall–Kier alpha value is -2.04. The third-order valence-electron chi connectivity index (χ3n) is 3.37. The topological polar surface area (TPSA) is 75.6 Å². The summed E-state index contributed by atoms with van der Waals surface area (Å²) in [5.41, 5.74) is 0.490. The van der Waals surface area contributed by atoms with Gasteiger partial charge in [-0.1, -0.05) is 6.07 Å². The molecule has 21 heavy (non-hydrogen) atoms. The molecule has 0 saturated heterocycles. The SMILES string of the molecule is CC(C)Oc1cccc(C(=O)NC(CC(=O)O)C2CC2)c1. The van der Waals surface area contributed by atoms with Crippen molar-refractivity contribution in [1.29, 1.82) is 0 Å². The maximum Gasteiger partial charge on any atom is 0.305 e. The molecule has 2 N–H and O–H groups in total. The smallest absolute Gasteiger partial charge is 0.305 e. The van der Waals surface area contributed by atoms with Crippen LogP contribution in [0.5, 0.6) is 5.75 Å². The van der Waals surface area contributed by atoms with E-state index in [2.05, 4.69) is 5.32 Å². The number of nitrogens with one attached hydrogen (secondary N) is 1. The number of hydrogen-bond acceptors (Lipinski definition) is 3. The molecule has 1 fully saturated rings. The lowest BCUT2D eigenvalue weighted by molar-refractivity contribution is -0.137. The van der Waals surface area contributed by atoms with E-state index in [1.807, 2.05) is 13.8 Å². The summed E-state index contributed by atoms with van der Waals surface area (Å²) < 4.78 is 5.56. The van der Waals surface area contributed by atoms with Crippen LogP contribution in [0.25, 0.3) is 0 Å². The molecule has 114 valence electrons. The molecule has 1 aliphatic rings. The van der Waals surface area contributed by atoms with E-state index in [0.717, 1.165) is 12.8 Å². The molecule has 5 heteroatoms. The fourth-order valence-electron chi connectivity index (χ4n) is 2.26. The van der Waals surface area contributed by atoms with Gasteiger partial charge in [0.2, 0.25) is 0 Å². The van der Waals surface area contributed by atoms with Crippen molar-refractivity contribution in [3.63, 3.8) is 0 Å². The fourth-order valence-corrected chi connectivity index (χ4v) is 2.26. The average molecular weight is 291 g/mol. The Morgan fingerprint density at radius 1 is 1.38 bits per heavy atom. The largest absolute Gasteiger partial charge is 0.491 e. The number of aliphatic carboxylic acids is 1. The van der Waals surface area contributed by atoms with Crippen LogP contribution >= 0.6 is 0 Å². The van der Waals surface area contributed by atoms with Crippen molar-refractivity contribution < 1.29 is 19.4 Å². The number of carbonyl (C=O) groups excluding carboxylic acids is 1. The summed E-state index contributed by atoms with van der Waals surface area (Å²) >= 11 is 0. The third-order valence-corrected chi connectivity index (χ3v) is 3.37. The highest BCUT2D eigenvalue weighted by Gasteiger charge is 2.33. The second-order valence-electron chi connectivity index (χ2n) is 5.71. The average Bonchev–Trinajstić information content (AvgIpc) is 3.21. The number of amides is 1. The minimum absolute atomic E-state index is 0.0292. The van der Waals surface area contributed by atoms with Crippen molar-refractivity contribution in [3.05, 3.63) is 29.8 Å². The molecule has 0 radical (unpaired) electrons. The van der Waals surface area contributed by atoms with Crippen LogP contribution in [-0.4, -0.2) is 29.1 Å². The van der Waals surface area contributed by atoms with E-state index >= 15 is 0 Å². The summed E-state index contributed by atoms with van der Waals surface area (Å²) in [6, 6.07) is 6.65. The van der Waals surface area contributed by atoms with Gasteiger partial charge in [0, 0.05) is 11.6 Å². The normalized spacial score (nSPS) is 15.6. The monoisotopic (exact) mass is 291 g/mol. The van der Waals surface area contributed by atoms with Gasteiger partial charge in [0.05, 0.1) is 12.5 Å². The quantitative estimate of drug-likeness (QED) is 0.809. The summed E-state index contributed by atoms with van der Waals surface area (Å²) in [7, 11) is 0. The van der Waals surface area contributed by atoms with Crippen LogP contribution in [0.2, 0.25) is 0 Å². The van der Waals surface area contributed by atoms with E-state index in [4.69, 9.17) is 9.84 Å². The van der Waals surface area contributed by atoms with Crippen LogP contribution < -0.4 is 10.1 Å². The minimum atomic E-state index is -0.885. The van der Waals surface area contributed by atoms with Gasteiger partial charge in [-0.2, -0.15) is 0 Å². The van der Waals surface area contributed by atoms with E-state index in [9.17, 15) is 9.59 Å². The molecule has 0 aromatic heterocycles. The molecule has 0 spiro atoms. The van der Waals surface area contributed by atoms with Crippen molar-refractivity contribution in [2.75, 3.05) is 0 Å². The Morgan fingerprint density at radius 2 is 2.10 bits per heavy atom. The summed E-state index contributed by atoms with van der Waals surface area (Å²) in [6.45, 7) is 3.84. The standard InChI is InChI=1S/C16H21NO4/c1-10(2)21-13-5-3-4-12(8-13)16(20)17-14(9-15(18)19)11-6-7-11/h3-5,8,10-11,14H,6-7,9H2,1-2H3,(H,17,20)(H,18,19). The zero-order valence-corrected chi connectivity index (χ0v) is 12.3. The summed E-state index contributed by atoms with van der Waals surface area (Å²) in [6.07, 6.45) is 1.97. The molecule has 0 heterocycles. The molecule has 1 aliphatic carbocycles. The molecule has 1 unspecified atom stereocenters. The van der Waals surface area contributed by atoms with Gasteiger partial charge in [-0.15, -0.1) is 0 Å². The van der Waals surface area contributed by atoms with Gasteiger partial charge < -0.3 is 15.2 Å². The molecule has 1 amide bonds. The van der Waals surface area contributed by atoms with Gasteiger partial charge in [-0.25, -0.2) is 0 Å². The molecule has 1 aromatic rings. The van der Waals surface area contributed by atoms with Crippen molar-refractivity contribution >= 4 is 11.9 Å². The maximum absolute atomic E-state index is 12.2. The van der Waals surface area contributed by atoms with Gasteiger partial charge >= 0.3 is 5.97 Å². The predicted octanol–water partition coefficient (Wildman–Crippen LogP) is 2.46. The number of benzene rings is 1. The second kappa shape index (κ2) is 6.61. The Labute approximate surface area is 124 Å². The first kappa shape index (κ1) is 15.4. The molecule has 0 aliphatic heterocycles. The second-order valence-corrected chi connectivity index (χ2v) is 5.71. The maximum atomic E-state index is 12.2. The van der Waals surface area contributed by atoms with Gasteiger partial charge in [0.25, 0.3) is 5.91 Å². The summed E-state index contributed by atoms with van der Waals surface area (Å²) in [5, 5.41) is 11.7. The lowest BCUT2D eigenvalue weighted by atomic mass is 10.1. The highest BCUT2D eigenvalue weighted by molar-refractivity contribution is 5.95. The van der Waals surface area contributed by atoms with Crippen LogP contribution in [0.4, 0.5) is 0 Å². The zero-order chi connectivity index (χ0) is 15.4. The number of rotatable bonds is 7. The van der Waals surface area contributed by atoms with Crippen molar-refractivity contribution in [3.8, 4) is 5.75 Å². The van der Waals surface area contributed by atoms with Crippen molar-refractivity contribution in [2.45, 2.75) is 45.3 Å². The molecule has 2 rings (SSSR count). The summed E-state index contributed by atoms with van der Waals surface area (Å²) in [5.74, 6) is -0.203. The Kier molecular flexibility index (Phi) is 4.83. The van der Waals surface area contributed by atoms with Crippen molar-refractivity contribution in [2.24, 2.45) is 5.92 Å². The lowest BCUT2D eigenvalue weighted by Gasteiger charge is -2.17. The third kappa shape index (κ3) is 4.77. The number of carbonyl (C=O) groups is 2. The van der Waals surface area contributed by atoms with Crippen LogP contribution in [0.1, 0.15) is 43.5 Å². The Bertz CT molecular complexity index is 523. The molecular weight excluding hydrogens is 270 g/mol. The zero-order valence-electron chi connectivity index (χ0n) is 12.3. The Balaban J connectivity index is 2.03. The molecular formula is C16H21NO4. The van der Waals surface area contributed by atoms with E-state index in [0.29, 0.717) is 17.2 Å². The van der Waals surface area contributed by atoms with Crippen molar-refractivity contribution in [1.82, 2.24) is 5.32 Å². The van der Waals surface area contributed by atoms with E-state index in [-0.39, 0.29) is 24.5 Å². The predicted molar refractivity (Wildman–Crippen MR) is 78.4 cm³/mol. The van der Waals surface area contributed by atoms with E-state index in [1.54, 1.807) is 24.3 Å². The molecule has 5 nitrogen and oxygen atoms in total. The molecule has 1 saturated carbocycles. The first-order valence-corrected chi connectivity index (χ1v) is 7.25. The molecule has 1 aromatic carbocycles. The van der Waals surface area contributed by atoms with Gasteiger partial charge in [-0.05, 0) is 50.8 Å². The first-order valence-electron chi connectivity index (χ1n) is 7.25. The van der Waals surface area contributed by atoms with E-state index in [1.165, 1.54) is 0 Å². The van der Waals surface area contributed by atoms with Gasteiger partial charge in [-0.3, -0.25) is 9.59 Å². The number of hydrogen-bond donors (Lipinski definition) is 2. The summed E-state index contributed by atoms with van der Waals surface area (Å²) in [4.78, 5) is 23.1. The Morgan fingerprint density at radius 3 is 2.67 bits per heavy atom. The van der Waals surface area contributed by atoms with E-state index < -0.39 is 5.97 Å².